The summed E-state index contributed by atoms with van der Waals surface area (Å²) in [6, 6.07) is 13.2. The van der Waals surface area contributed by atoms with Crippen LogP contribution >= 0.6 is 0 Å². The van der Waals surface area contributed by atoms with E-state index >= 15 is 0 Å². The SMILES string of the molecule is CCN(c1ccc2c(n1)OCc1cc(-n3cccn3)ccc1-2)C1CCNCC1. The molecule has 1 fully saturated rings. The van der Waals surface area contributed by atoms with E-state index in [1.807, 2.05) is 16.9 Å². The monoisotopic (exact) mass is 375 g/mol. The molecule has 6 heteroatoms. The van der Waals surface area contributed by atoms with Crippen molar-refractivity contribution in [1.82, 2.24) is 20.1 Å². The van der Waals surface area contributed by atoms with Crippen molar-refractivity contribution in [2.75, 3.05) is 24.5 Å². The highest BCUT2D eigenvalue weighted by Crippen LogP contribution is 2.38. The first kappa shape index (κ1) is 17.3. The minimum absolute atomic E-state index is 0.535. The highest BCUT2D eigenvalue weighted by molar-refractivity contribution is 5.75. The van der Waals surface area contributed by atoms with Gasteiger partial charge in [-0.2, -0.15) is 10.1 Å². The summed E-state index contributed by atoms with van der Waals surface area (Å²) in [7, 11) is 0. The molecule has 5 rings (SSSR count). The van der Waals surface area contributed by atoms with Gasteiger partial charge in [0, 0.05) is 30.5 Å². The molecule has 2 aliphatic rings. The second kappa shape index (κ2) is 7.28. The molecular formula is C22H25N5O. The molecule has 4 heterocycles. The number of pyridine rings is 1. The average molecular weight is 375 g/mol. The molecule has 0 spiro atoms. The molecule has 0 bridgehead atoms. The Morgan fingerprint density at radius 3 is 2.82 bits per heavy atom. The number of benzene rings is 1. The second-order valence-corrected chi connectivity index (χ2v) is 7.37. The molecule has 28 heavy (non-hydrogen) atoms. The van der Waals surface area contributed by atoms with Crippen LogP contribution < -0.4 is 15.0 Å². The quantitative estimate of drug-likeness (QED) is 0.757. The van der Waals surface area contributed by atoms with Crippen molar-refractivity contribution < 1.29 is 4.74 Å². The topological polar surface area (TPSA) is 55.2 Å². The van der Waals surface area contributed by atoms with Gasteiger partial charge in [-0.3, -0.25) is 0 Å². The molecule has 0 atom stereocenters. The minimum atomic E-state index is 0.535. The van der Waals surface area contributed by atoms with E-state index in [4.69, 9.17) is 9.72 Å². The second-order valence-electron chi connectivity index (χ2n) is 7.37. The summed E-state index contributed by atoms with van der Waals surface area (Å²) in [6.07, 6.45) is 6.06. The number of ether oxygens (including phenoxy) is 1. The summed E-state index contributed by atoms with van der Waals surface area (Å²) in [5, 5.41) is 7.76. The zero-order valence-electron chi connectivity index (χ0n) is 16.1. The molecular weight excluding hydrogens is 350 g/mol. The summed E-state index contributed by atoms with van der Waals surface area (Å²) in [5.74, 6) is 1.76. The Hall–Kier alpha value is -2.86. The van der Waals surface area contributed by atoms with Crippen molar-refractivity contribution in [3.05, 3.63) is 54.4 Å². The lowest BCUT2D eigenvalue weighted by Gasteiger charge is -2.35. The van der Waals surface area contributed by atoms with Gasteiger partial charge in [0.15, 0.2) is 0 Å². The van der Waals surface area contributed by atoms with Gasteiger partial charge < -0.3 is 15.0 Å². The Morgan fingerprint density at radius 1 is 1.18 bits per heavy atom. The molecule has 1 aromatic carbocycles. The fourth-order valence-corrected chi connectivity index (χ4v) is 4.30. The summed E-state index contributed by atoms with van der Waals surface area (Å²) in [5.41, 5.74) is 4.48. The van der Waals surface area contributed by atoms with Crippen molar-refractivity contribution in [2.45, 2.75) is 32.4 Å². The van der Waals surface area contributed by atoms with Gasteiger partial charge in [0.25, 0.3) is 0 Å². The normalized spacial score (nSPS) is 16.2. The number of hydrogen-bond acceptors (Lipinski definition) is 5. The van der Waals surface area contributed by atoms with E-state index in [1.54, 1.807) is 6.20 Å². The molecule has 0 radical (unpaired) electrons. The standard InChI is InChI=1S/C22H25N5O/c1-2-26(17-8-11-23-12-9-17)21-7-6-20-19-5-4-18(27-13-3-10-24-27)14-16(19)15-28-22(20)25-21/h3-7,10,13-14,17,23H,2,8-9,11-12,15H2,1H3. The van der Waals surface area contributed by atoms with Crippen molar-refractivity contribution >= 4 is 5.82 Å². The molecule has 1 N–H and O–H groups in total. The highest BCUT2D eigenvalue weighted by atomic mass is 16.5. The molecule has 2 aromatic heterocycles. The third-order valence-electron chi connectivity index (χ3n) is 5.74. The third-order valence-corrected chi connectivity index (χ3v) is 5.74. The van der Waals surface area contributed by atoms with Gasteiger partial charge in [-0.05, 0) is 74.3 Å². The number of nitrogens with one attached hydrogen (secondary N) is 1. The number of anilines is 1. The van der Waals surface area contributed by atoms with Crippen LogP contribution in [0.2, 0.25) is 0 Å². The number of aromatic nitrogens is 3. The van der Waals surface area contributed by atoms with Crippen LogP contribution in [0.4, 0.5) is 5.82 Å². The molecule has 0 amide bonds. The fraction of sp³-hybridized carbons (Fsp3) is 0.364. The molecule has 1 saturated heterocycles. The number of nitrogens with zero attached hydrogens (tertiary/aromatic N) is 4. The van der Waals surface area contributed by atoms with E-state index in [1.165, 1.54) is 11.1 Å². The van der Waals surface area contributed by atoms with Crippen LogP contribution in [-0.4, -0.2) is 40.4 Å². The molecule has 3 aromatic rings. The van der Waals surface area contributed by atoms with Crippen LogP contribution in [-0.2, 0) is 6.61 Å². The van der Waals surface area contributed by atoms with Crippen LogP contribution in [0, 0.1) is 0 Å². The molecule has 0 aliphatic carbocycles. The zero-order valence-corrected chi connectivity index (χ0v) is 16.1. The summed E-state index contributed by atoms with van der Waals surface area (Å²) < 4.78 is 7.94. The summed E-state index contributed by atoms with van der Waals surface area (Å²) in [6.45, 7) is 5.85. The first-order chi connectivity index (χ1) is 13.8. The van der Waals surface area contributed by atoms with Crippen molar-refractivity contribution in [3.8, 4) is 22.7 Å². The fourth-order valence-electron chi connectivity index (χ4n) is 4.30. The lowest BCUT2D eigenvalue weighted by molar-refractivity contribution is 0.289. The Kier molecular flexibility index (Phi) is 4.49. The highest BCUT2D eigenvalue weighted by Gasteiger charge is 2.24. The Labute approximate surface area is 165 Å². The first-order valence-corrected chi connectivity index (χ1v) is 10.1. The van der Waals surface area contributed by atoms with E-state index < -0.39 is 0 Å². The summed E-state index contributed by atoms with van der Waals surface area (Å²) >= 11 is 0. The maximum Gasteiger partial charge on any atom is 0.223 e. The van der Waals surface area contributed by atoms with Gasteiger partial charge in [-0.25, -0.2) is 4.68 Å². The number of rotatable bonds is 4. The lowest BCUT2D eigenvalue weighted by Crippen LogP contribution is -2.43. The first-order valence-electron chi connectivity index (χ1n) is 10.1. The van der Waals surface area contributed by atoms with Crippen molar-refractivity contribution in [3.63, 3.8) is 0 Å². The van der Waals surface area contributed by atoms with E-state index in [0.29, 0.717) is 12.6 Å². The van der Waals surface area contributed by atoms with E-state index in [2.05, 4.69) is 52.6 Å². The van der Waals surface area contributed by atoms with Crippen LogP contribution in [0.5, 0.6) is 5.88 Å². The molecule has 0 unspecified atom stereocenters. The summed E-state index contributed by atoms with van der Waals surface area (Å²) in [4.78, 5) is 7.31. The van der Waals surface area contributed by atoms with Crippen molar-refractivity contribution in [2.24, 2.45) is 0 Å². The average Bonchev–Trinajstić information content (AvgIpc) is 3.29. The third kappa shape index (κ3) is 3.03. The smallest absolute Gasteiger partial charge is 0.223 e. The van der Waals surface area contributed by atoms with Crippen LogP contribution in [0.25, 0.3) is 16.8 Å². The number of piperidine rings is 1. The van der Waals surface area contributed by atoms with Gasteiger partial charge >= 0.3 is 0 Å². The van der Waals surface area contributed by atoms with Crippen LogP contribution in [0.15, 0.2) is 48.8 Å². The predicted octanol–water partition coefficient (Wildman–Crippen LogP) is 3.41. The van der Waals surface area contributed by atoms with E-state index in [-0.39, 0.29) is 0 Å². The van der Waals surface area contributed by atoms with Gasteiger partial charge in [0.05, 0.1) is 5.69 Å². The van der Waals surface area contributed by atoms with Crippen LogP contribution in [0.3, 0.4) is 0 Å². The Bertz CT molecular complexity index is 963. The largest absolute Gasteiger partial charge is 0.472 e. The zero-order chi connectivity index (χ0) is 18.9. The number of hydrogen-bond donors (Lipinski definition) is 1. The maximum absolute atomic E-state index is 6.07. The van der Waals surface area contributed by atoms with Gasteiger partial charge in [-0.1, -0.05) is 6.07 Å². The minimum Gasteiger partial charge on any atom is -0.472 e. The Balaban J connectivity index is 1.46. The Morgan fingerprint density at radius 2 is 2.04 bits per heavy atom. The maximum atomic E-state index is 6.07. The molecule has 2 aliphatic heterocycles. The molecule has 6 nitrogen and oxygen atoms in total. The lowest BCUT2D eigenvalue weighted by atomic mass is 9.98. The van der Waals surface area contributed by atoms with Crippen LogP contribution in [0.1, 0.15) is 25.3 Å². The van der Waals surface area contributed by atoms with E-state index in [9.17, 15) is 0 Å². The van der Waals surface area contributed by atoms with Gasteiger partial charge in [0.1, 0.15) is 12.4 Å². The molecule has 0 saturated carbocycles. The number of fused-ring (bicyclic) bond motifs is 3. The van der Waals surface area contributed by atoms with E-state index in [0.717, 1.165) is 55.4 Å². The van der Waals surface area contributed by atoms with Gasteiger partial charge in [-0.15, -0.1) is 0 Å². The van der Waals surface area contributed by atoms with Gasteiger partial charge in [0.2, 0.25) is 5.88 Å². The predicted molar refractivity (Wildman–Crippen MR) is 110 cm³/mol. The van der Waals surface area contributed by atoms with Crippen molar-refractivity contribution in [1.29, 1.82) is 0 Å². The molecule has 144 valence electrons.